The van der Waals surface area contributed by atoms with E-state index in [1.54, 1.807) is 11.3 Å². The zero-order chi connectivity index (χ0) is 15.5. The van der Waals surface area contributed by atoms with Crippen LogP contribution in [0.5, 0.6) is 0 Å². The Hall–Kier alpha value is -0.680. The molecule has 1 aliphatic rings. The molecular formula is C16H25NO2S2. The van der Waals surface area contributed by atoms with Gasteiger partial charge in [-0.2, -0.15) is 0 Å². The molecule has 118 valence electrons. The second-order valence-electron chi connectivity index (χ2n) is 6.81. The lowest BCUT2D eigenvalue weighted by molar-refractivity contribution is -0.120. The molecule has 1 saturated carbocycles. The summed E-state index contributed by atoms with van der Waals surface area (Å²) in [6, 6.07) is 4.03. The van der Waals surface area contributed by atoms with Gasteiger partial charge in [-0.25, -0.2) is 0 Å². The molecule has 1 N–H and O–H groups in total. The van der Waals surface area contributed by atoms with Crippen molar-refractivity contribution in [1.29, 1.82) is 0 Å². The van der Waals surface area contributed by atoms with Gasteiger partial charge in [-0.05, 0) is 29.7 Å². The monoisotopic (exact) mass is 327 g/mol. The van der Waals surface area contributed by atoms with E-state index in [1.165, 1.54) is 0 Å². The molecular weight excluding hydrogens is 302 g/mol. The quantitative estimate of drug-likeness (QED) is 0.897. The maximum absolute atomic E-state index is 12.3. The van der Waals surface area contributed by atoms with Crippen molar-refractivity contribution in [2.45, 2.75) is 57.7 Å². The first kappa shape index (κ1) is 16.7. The lowest BCUT2D eigenvalue weighted by Crippen LogP contribution is -2.39. The van der Waals surface area contributed by atoms with Gasteiger partial charge in [-0.3, -0.25) is 9.00 Å². The average Bonchev–Trinajstić information content (AvgIpc) is 3.07. The third-order valence-electron chi connectivity index (χ3n) is 3.95. The zero-order valence-electron chi connectivity index (χ0n) is 13.1. The van der Waals surface area contributed by atoms with Crippen LogP contribution in [0.15, 0.2) is 17.5 Å². The number of carbonyl (C=O) groups is 1. The van der Waals surface area contributed by atoms with Gasteiger partial charge in [0.2, 0.25) is 5.91 Å². The molecule has 0 spiro atoms. The summed E-state index contributed by atoms with van der Waals surface area (Å²) in [7, 11) is -1.02. The molecule has 0 aromatic carbocycles. The normalized spacial score (nSPS) is 19.4. The number of hydrogen-bond acceptors (Lipinski definition) is 3. The molecule has 5 heteroatoms. The maximum Gasteiger partial charge on any atom is 0.233 e. The van der Waals surface area contributed by atoms with Crippen LogP contribution in [0.4, 0.5) is 0 Å². The standard InChI is InChI=1S/C16H25NO2S2/c1-16(2,3)15(13-9-6-10-20-13)17-14(18)11-21(19)12-7-4-5-8-12/h6,9-10,12,15H,4-5,7-8,11H2,1-3H3,(H,17,18)/t15-,21+/m1/s1. The first-order chi connectivity index (χ1) is 9.88. The Balaban J connectivity index is 1.97. The Kier molecular flexibility index (Phi) is 5.60. The second-order valence-corrected chi connectivity index (χ2v) is 9.51. The highest BCUT2D eigenvalue weighted by Crippen LogP contribution is 2.35. The van der Waals surface area contributed by atoms with Gasteiger partial charge in [-0.15, -0.1) is 11.3 Å². The first-order valence-corrected chi connectivity index (χ1v) is 9.84. The number of hydrogen-bond donors (Lipinski definition) is 1. The Labute approximate surface area is 134 Å². The molecule has 1 heterocycles. The number of thiophene rings is 1. The van der Waals surface area contributed by atoms with Crippen LogP contribution in [0, 0.1) is 5.41 Å². The van der Waals surface area contributed by atoms with Gasteiger partial charge in [0.1, 0.15) is 5.75 Å². The SMILES string of the molecule is CC(C)(C)[C@H](NC(=O)C[S@](=O)C1CCCC1)c1cccs1. The molecule has 0 unspecified atom stereocenters. The Morgan fingerprint density at radius 1 is 1.43 bits per heavy atom. The van der Waals surface area contributed by atoms with E-state index in [0.717, 1.165) is 30.6 Å². The molecule has 1 amide bonds. The molecule has 1 aromatic rings. The Bertz CT molecular complexity index is 485. The van der Waals surface area contributed by atoms with Crippen molar-refractivity contribution in [3.05, 3.63) is 22.4 Å². The molecule has 3 nitrogen and oxygen atoms in total. The van der Waals surface area contributed by atoms with Crippen LogP contribution >= 0.6 is 11.3 Å². The minimum absolute atomic E-state index is 0.0226. The van der Waals surface area contributed by atoms with Crippen molar-refractivity contribution < 1.29 is 9.00 Å². The van der Waals surface area contributed by atoms with Crippen molar-refractivity contribution >= 4 is 28.0 Å². The van der Waals surface area contributed by atoms with Crippen LogP contribution in [0.1, 0.15) is 57.4 Å². The van der Waals surface area contributed by atoms with Crippen molar-refractivity contribution in [2.24, 2.45) is 5.41 Å². The highest BCUT2D eigenvalue weighted by atomic mass is 32.2. The van der Waals surface area contributed by atoms with Crippen molar-refractivity contribution in [3.63, 3.8) is 0 Å². The highest BCUT2D eigenvalue weighted by Gasteiger charge is 2.30. The topological polar surface area (TPSA) is 46.2 Å². The van der Waals surface area contributed by atoms with E-state index in [2.05, 4.69) is 32.2 Å². The lowest BCUT2D eigenvalue weighted by atomic mass is 9.86. The van der Waals surface area contributed by atoms with Gasteiger partial charge < -0.3 is 5.32 Å². The smallest absolute Gasteiger partial charge is 0.233 e. The minimum atomic E-state index is -1.02. The van der Waals surface area contributed by atoms with E-state index in [-0.39, 0.29) is 28.4 Å². The minimum Gasteiger partial charge on any atom is -0.347 e. The molecule has 0 saturated heterocycles. The van der Waals surface area contributed by atoms with E-state index >= 15 is 0 Å². The predicted octanol–water partition coefficient (Wildman–Crippen LogP) is 3.64. The molecule has 0 aliphatic heterocycles. The number of amides is 1. The number of nitrogens with one attached hydrogen (secondary N) is 1. The van der Waals surface area contributed by atoms with Gasteiger partial charge in [0.25, 0.3) is 0 Å². The summed E-state index contributed by atoms with van der Waals surface area (Å²) in [6.07, 6.45) is 4.32. The zero-order valence-corrected chi connectivity index (χ0v) is 14.7. The molecule has 2 atom stereocenters. The average molecular weight is 328 g/mol. The van der Waals surface area contributed by atoms with Gasteiger partial charge in [0, 0.05) is 20.9 Å². The van der Waals surface area contributed by atoms with E-state index in [0.29, 0.717) is 0 Å². The molecule has 1 fully saturated rings. The molecule has 2 rings (SSSR count). The third-order valence-corrected chi connectivity index (χ3v) is 6.65. The fourth-order valence-corrected chi connectivity index (χ4v) is 5.23. The summed E-state index contributed by atoms with van der Waals surface area (Å²) in [5.41, 5.74) is -0.0602. The van der Waals surface area contributed by atoms with Gasteiger partial charge in [0.05, 0.1) is 6.04 Å². The van der Waals surface area contributed by atoms with Crippen LogP contribution < -0.4 is 5.32 Å². The largest absolute Gasteiger partial charge is 0.347 e. The molecule has 0 radical (unpaired) electrons. The molecule has 0 bridgehead atoms. The Morgan fingerprint density at radius 2 is 2.10 bits per heavy atom. The summed E-state index contributed by atoms with van der Waals surface area (Å²) >= 11 is 1.65. The summed E-state index contributed by atoms with van der Waals surface area (Å²) < 4.78 is 12.2. The van der Waals surface area contributed by atoms with Crippen LogP contribution in [0.3, 0.4) is 0 Å². The van der Waals surface area contributed by atoms with Crippen LogP contribution in [-0.4, -0.2) is 21.1 Å². The van der Waals surface area contributed by atoms with E-state index < -0.39 is 10.8 Å². The van der Waals surface area contributed by atoms with Crippen molar-refractivity contribution in [1.82, 2.24) is 5.32 Å². The number of carbonyl (C=O) groups excluding carboxylic acids is 1. The van der Waals surface area contributed by atoms with E-state index in [9.17, 15) is 9.00 Å². The predicted molar refractivity (Wildman–Crippen MR) is 89.9 cm³/mol. The maximum atomic E-state index is 12.3. The fourth-order valence-electron chi connectivity index (χ4n) is 2.77. The Morgan fingerprint density at radius 3 is 2.62 bits per heavy atom. The molecule has 1 aromatic heterocycles. The van der Waals surface area contributed by atoms with E-state index in [4.69, 9.17) is 0 Å². The van der Waals surface area contributed by atoms with Crippen LogP contribution in [0.25, 0.3) is 0 Å². The molecule has 1 aliphatic carbocycles. The van der Waals surface area contributed by atoms with Gasteiger partial charge in [0.15, 0.2) is 0 Å². The summed E-state index contributed by atoms with van der Waals surface area (Å²) in [6.45, 7) is 6.35. The van der Waals surface area contributed by atoms with Crippen molar-refractivity contribution in [3.8, 4) is 0 Å². The molecule has 21 heavy (non-hydrogen) atoms. The summed E-state index contributed by atoms with van der Waals surface area (Å²) in [4.78, 5) is 13.4. The number of rotatable bonds is 5. The third kappa shape index (κ3) is 4.65. The van der Waals surface area contributed by atoms with Gasteiger partial charge in [-0.1, -0.05) is 39.7 Å². The van der Waals surface area contributed by atoms with Gasteiger partial charge >= 0.3 is 0 Å². The van der Waals surface area contributed by atoms with Crippen molar-refractivity contribution in [2.75, 3.05) is 5.75 Å². The summed E-state index contributed by atoms with van der Waals surface area (Å²) in [5.74, 6) is 0.0522. The fraction of sp³-hybridized carbons (Fsp3) is 0.688. The highest BCUT2D eigenvalue weighted by molar-refractivity contribution is 7.86. The summed E-state index contributed by atoms with van der Waals surface area (Å²) in [5, 5.41) is 5.34. The lowest BCUT2D eigenvalue weighted by Gasteiger charge is -2.30. The first-order valence-electron chi connectivity index (χ1n) is 7.58. The van der Waals surface area contributed by atoms with Crippen LogP contribution in [0.2, 0.25) is 0 Å². The van der Waals surface area contributed by atoms with E-state index in [1.807, 2.05) is 11.4 Å². The second kappa shape index (κ2) is 7.05. The van der Waals surface area contributed by atoms with Crippen LogP contribution in [-0.2, 0) is 15.6 Å².